The van der Waals surface area contributed by atoms with E-state index in [2.05, 4.69) is 36.4 Å². The van der Waals surface area contributed by atoms with Crippen LogP contribution in [0.4, 0.5) is 0 Å². The van der Waals surface area contributed by atoms with Gasteiger partial charge in [0.25, 0.3) is 0 Å². The van der Waals surface area contributed by atoms with Crippen molar-refractivity contribution in [1.29, 1.82) is 0 Å². The number of fused-ring (bicyclic) bond motifs is 3. The summed E-state index contributed by atoms with van der Waals surface area (Å²) in [5.41, 5.74) is 7.25. The zero-order chi connectivity index (χ0) is 11.8. The average molecular weight is 227 g/mol. The second-order valence-electron chi connectivity index (χ2n) is 4.83. The van der Waals surface area contributed by atoms with Crippen molar-refractivity contribution in [2.45, 2.75) is 31.9 Å². The molecule has 0 aliphatic carbocycles. The Bertz CT molecular complexity index is 548. The highest BCUT2D eigenvalue weighted by Gasteiger charge is 2.23. The third-order valence-corrected chi connectivity index (χ3v) is 3.51. The van der Waals surface area contributed by atoms with Crippen LogP contribution in [0.2, 0.25) is 0 Å². The lowest BCUT2D eigenvalue weighted by atomic mass is 9.96. The Morgan fingerprint density at radius 1 is 1.24 bits per heavy atom. The lowest BCUT2D eigenvalue weighted by Gasteiger charge is -2.29. The van der Waals surface area contributed by atoms with Gasteiger partial charge in [0.2, 0.25) is 0 Å². The highest BCUT2D eigenvalue weighted by molar-refractivity contribution is 5.89. The molecule has 0 bridgehead atoms. The van der Waals surface area contributed by atoms with E-state index in [1.807, 2.05) is 6.92 Å². The molecule has 88 valence electrons. The van der Waals surface area contributed by atoms with E-state index in [1.165, 1.54) is 16.3 Å². The van der Waals surface area contributed by atoms with Crippen molar-refractivity contribution >= 4 is 10.8 Å². The maximum Gasteiger partial charge on any atom is 0.130 e. The van der Waals surface area contributed by atoms with Gasteiger partial charge >= 0.3 is 0 Å². The Morgan fingerprint density at radius 3 is 2.88 bits per heavy atom. The third kappa shape index (κ3) is 1.79. The monoisotopic (exact) mass is 227 g/mol. The maximum absolute atomic E-state index is 6.08. The molecule has 0 radical (unpaired) electrons. The van der Waals surface area contributed by atoms with E-state index in [0.29, 0.717) is 0 Å². The first-order chi connectivity index (χ1) is 8.25. The van der Waals surface area contributed by atoms with Gasteiger partial charge in [-0.25, -0.2) is 0 Å². The molecule has 17 heavy (non-hydrogen) atoms. The van der Waals surface area contributed by atoms with Gasteiger partial charge in [-0.1, -0.05) is 36.4 Å². The summed E-state index contributed by atoms with van der Waals surface area (Å²) in [6.07, 6.45) is 2.23. The Balaban J connectivity index is 2.12. The number of rotatable bonds is 1. The molecule has 1 heterocycles. The fourth-order valence-corrected chi connectivity index (χ4v) is 2.50. The minimum atomic E-state index is 0.0853. The van der Waals surface area contributed by atoms with Gasteiger partial charge in [0.15, 0.2) is 0 Å². The van der Waals surface area contributed by atoms with Crippen LogP contribution in [-0.4, -0.2) is 12.1 Å². The van der Waals surface area contributed by atoms with Crippen molar-refractivity contribution < 1.29 is 4.74 Å². The van der Waals surface area contributed by atoms with E-state index in [4.69, 9.17) is 10.5 Å². The SMILES string of the molecule is CC(N)C1CCc2ccc3ccccc3c2O1. The Labute approximate surface area is 101 Å². The van der Waals surface area contributed by atoms with Gasteiger partial charge in [0, 0.05) is 11.4 Å². The molecule has 0 spiro atoms. The average Bonchev–Trinajstić information content (AvgIpc) is 2.38. The van der Waals surface area contributed by atoms with Crippen molar-refractivity contribution in [3.63, 3.8) is 0 Å². The highest BCUT2D eigenvalue weighted by atomic mass is 16.5. The molecule has 2 unspecified atom stereocenters. The summed E-state index contributed by atoms with van der Waals surface area (Å²) in [5, 5.41) is 2.44. The molecule has 0 saturated heterocycles. The van der Waals surface area contributed by atoms with E-state index in [9.17, 15) is 0 Å². The lowest BCUT2D eigenvalue weighted by molar-refractivity contribution is 0.153. The molecule has 2 atom stereocenters. The van der Waals surface area contributed by atoms with Crippen LogP contribution < -0.4 is 10.5 Å². The standard InChI is InChI=1S/C15H17NO/c1-10(16)14-9-8-12-7-6-11-4-2-3-5-13(11)15(12)17-14/h2-7,10,14H,8-9,16H2,1H3. The van der Waals surface area contributed by atoms with Crippen LogP contribution in [0.5, 0.6) is 5.75 Å². The third-order valence-electron chi connectivity index (χ3n) is 3.51. The molecule has 3 rings (SSSR count). The van der Waals surface area contributed by atoms with Crippen molar-refractivity contribution in [2.24, 2.45) is 5.73 Å². The highest BCUT2D eigenvalue weighted by Crippen LogP contribution is 2.35. The minimum absolute atomic E-state index is 0.0853. The largest absolute Gasteiger partial charge is 0.488 e. The fourth-order valence-electron chi connectivity index (χ4n) is 2.50. The summed E-state index contributed by atoms with van der Waals surface area (Å²) in [6.45, 7) is 2.01. The summed E-state index contributed by atoms with van der Waals surface area (Å²) < 4.78 is 6.08. The zero-order valence-electron chi connectivity index (χ0n) is 10.0. The quantitative estimate of drug-likeness (QED) is 0.813. The Hall–Kier alpha value is -1.54. The smallest absolute Gasteiger partial charge is 0.130 e. The summed E-state index contributed by atoms with van der Waals surface area (Å²) >= 11 is 0. The molecule has 2 aromatic carbocycles. The van der Waals surface area contributed by atoms with Crippen molar-refractivity contribution in [1.82, 2.24) is 0 Å². The molecule has 0 fully saturated rings. The predicted octanol–water partition coefficient (Wildman–Crippen LogP) is 2.88. The normalized spacial score (nSPS) is 20.7. The first-order valence-corrected chi connectivity index (χ1v) is 6.18. The molecule has 1 aliphatic rings. The molecule has 2 heteroatoms. The molecule has 2 nitrogen and oxygen atoms in total. The van der Waals surface area contributed by atoms with Gasteiger partial charge in [-0.15, -0.1) is 0 Å². The summed E-state index contributed by atoms with van der Waals surface area (Å²) in [7, 11) is 0. The molecule has 0 aromatic heterocycles. The van der Waals surface area contributed by atoms with Crippen LogP contribution in [0.25, 0.3) is 10.8 Å². The van der Waals surface area contributed by atoms with Gasteiger partial charge < -0.3 is 10.5 Å². The van der Waals surface area contributed by atoms with Gasteiger partial charge in [-0.2, -0.15) is 0 Å². The van der Waals surface area contributed by atoms with Crippen LogP contribution in [-0.2, 0) is 6.42 Å². The number of hydrogen-bond acceptors (Lipinski definition) is 2. The van der Waals surface area contributed by atoms with Crippen LogP contribution in [0.1, 0.15) is 18.9 Å². The van der Waals surface area contributed by atoms with E-state index in [1.54, 1.807) is 0 Å². The summed E-state index contributed by atoms with van der Waals surface area (Å²) in [5.74, 6) is 1.04. The second kappa shape index (κ2) is 4.04. The van der Waals surface area contributed by atoms with Crippen molar-refractivity contribution in [2.75, 3.05) is 0 Å². The molecular formula is C15H17NO. The maximum atomic E-state index is 6.08. The van der Waals surface area contributed by atoms with Crippen molar-refractivity contribution in [3.05, 3.63) is 42.0 Å². The van der Waals surface area contributed by atoms with Crippen LogP contribution >= 0.6 is 0 Å². The predicted molar refractivity (Wildman–Crippen MR) is 70.3 cm³/mol. The van der Waals surface area contributed by atoms with Gasteiger partial charge in [0.05, 0.1) is 0 Å². The Morgan fingerprint density at radius 2 is 2.06 bits per heavy atom. The van der Waals surface area contributed by atoms with Gasteiger partial charge in [0.1, 0.15) is 11.9 Å². The van der Waals surface area contributed by atoms with Gasteiger partial charge in [-0.3, -0.25) is 0 Å². The minimum Gasteiger partial charge on any atom is -0.488 e. The zero-order valence-corrected chi connectivity index (χ0v) is 10.0. The topological polar surface area (TPSA) is 35.2 Å². The van der Waals surface area contributed by atoms with Gasteiger partial charge in [-0.05, 0) is 30.7 Å². The van der Waals surface area contributed by atoms with Crippen LogP contribution in [0.3, 0.4) is 0 Å². The summed E-state index contributed by atoms with van der Waals surface area (Å²) in [4.78, 5) is 0. The first-order valence-electron chi connectivity index (χ1n) is 6.18. The number of nitrogens with two attached hydrogens (primary N) is 1. The number of ether oxygens (including phenoxy) is 1. The molecule has 0 amide bonds. The first kappa shape index (κ1) is 10.6. The molecule has 0 saturated carbocycles. The fraction of sp³-hybridized carbons (Fsp3) is 0.333. The van der Waals surface area contributed by atoms with E-state index >= 15 is 0 Å². The molecule has 2 aromatic rings. The number of hydrogen-bond donors (Lipinski definition) is 1. The van der Waals surface area contributed by atoms with Crippen LogP contribution in [0.15, 0.2) is 36.4 Å². The number of aryl methyl sites for hydroxylation is 1. The van der Waals surface area contributed by atoms with E-state index < -0.39 is 0 Å². The molecule has 2 N–H and O–H groups in total. The van der Waals surface area contributed by atoms with Crippen molar-refractivity contribution in [3.8, 4) is 5.75 Å². The van der Waals surface area contributed by atoms with Crippen LogP contribution in [0, 0.1) is 0 Å². The second-order valence-corrected chi connectivity index (χ2v) is 4.83. The lowest BCUT2D eigenvalue weighted by Crippen LogP contribution is -2.38. The number of benzene rings is 2. The summed E-state index contributed by atoms with van der Waals surface area (Å²) in [6, 6.07) is 12.8. The van der Waals surface area contributed by atoms with E-state index in [-0.39, 0.29) is 12.1 Å². The molecule has 1 aliphatic heterocycles. The molecular weight excluding hydrogens is 210 g/mol. The van der Waals surface area contributed by atoms with E-state index in [0.717, 1.165) is 18.6 Å². The Kier molecular flexibility index (Phi) is 2.52.